The fourth-order valence-electron chi connectivity index (χ4n) is 2.65. The van der Waals surface area contributed by atoms with Gasteiger partial charge in [0.25, 0.3) is 0 Å². The summed E-state index contributed by atoms with van der Waals surface area (Å²) in [7, 11) is -1.32. The molecule has 2 unspecified atom stereocenters. The van der Waals surface area contributed by atoms with Crippen molar-refractivity contribution in [1.82, 2.24) is 5.32 Å². The van der Waals surface area contributed by atoms with Gasteiger partial charge in [-0.3, -0.25) is 0 Å². The molecule has 0 spiro atoms. The number of hydrogen-bond donors (Lipinski definition) is 1. The second-order valence-corrected chi connectivity index (χ2v) is 8.02. The molecule has 1 aromatic carbocycles. The van der Waals surface area contributed by atoms with Crippen LogP contribution >= 0.6 is 23.2 Å². The number of halogens is 2. The lowest BCUT2D eigenvalue weighted by molar-refractivity contribution is 0.469. The molecule has 0 aliphatic carbocycles. The van der Waals surface area contributed by atoms with Gasteiger partial charge >= 0.3 is 0 Å². The van der Waals surface area contributed by atoms with Crippen LogP contribution < -0.4 is 5.32 Å². The van der Waals surface area contributed by atoms with Crippen LogP contribution in [0, 0.1) is 0 Å². The standard InChI is InChI=1S/C13H17Cl2NO2S/c1-16-13(10-8-9(14)5-6-11(10)15)12-4-2-3-7-19(12,17)18/h5-6,8,12-13,16H,2-4,7H2,1H3. The molecule has 6 heteroatoms. The van der Waals surface area contributed by atoms with Gasteiger partial charge in [0, 0.05) is 10.0 Å². The maximum atomic E-state index is 12.2. The molecule has 0 saturated carbocycles. The molecule has 1 aromatic rings. The van der Waals surface area contributed by atoms with Gasteiger partial charge in [0.15, 0.2) is 9.84 Å². The molecule has 1 aliphatic rings. The Morgan fingerprint density at radius 2 is 2.05 bits per heavy atom. The maximum absolute atomic E-state index is 12.2. The number of nitrogens with one attached hydrogen (secondary N) is 1. The first kappa shape index (κ1) is 15.1. The smallest absolute Gasteiger partial charge is 0.155 e. The van der Waals surface area contributed by atoms with E-state index in [1.54, 1.807) is 25.2 Å². The SMILES string of the molecule is CNC(c1cc(Cl)ccc1Cl)C1CCCCS1(=O)=O. The van der Waals surface area contributed by atoms with E-state index < -0.39 is 15.1 Å². The van der Waals surface area contributed by atoms with Crippen LogP contribution in [0.3, 0.4) is 0 Å². The Morgan fingerprint density at radius 3 is 2.68 bits per heavy atom. The summed E-state index contributed by atoms with van der Waals surface area (Å²) >= 11 is 12.2. The summed E-state index contributed by atoms with van der Waals surface area (Å²) in [5.74, 6) is 0.258. The average molecular weight is 322 g/mol. The predicted molar refractivity (Wildman–Crippen MR) is 79.7 cm³/mol. The molecular formula is C13H17Cl2NO2S. The molecule has 3 nitrogen and oxygen atoms in total. The minimum atomic E-state index is -3.08. The van der Waals surface area contributed by atoms with Crippen molar-refractivity contribution in [3.8, 4) is 0 Å². The topological polar surface area (TPSA) is 46.2 Å². The lowest BCUT2D eigenvalue weighted by Gasteiger charge is -2.30. The van der Waals surface area contributed by atoms with Crippen LogP contribution in [-0.2, 0) is 9.84 Å². The van der Waals surface area contributed by atoms with Gasteiger partial charge in [-0.25, -0.2) is 8.42 Å². The number of hydrogen-bond acceptors (Lipinski definition) is 3. The Balaban J connectivity index is 2.41. The molecule has 1 saturated heterocycles. The minimum Gasteiger partial charge on any atom is -0.312 e. The summed E-state index contributed by atoms with van der Waals surface area (Å²) in [5.41, 5.74) is 0.757. The molecule has 0 aromatic heterocycles. The highest BCUT2D eigenvalue weighted by Gasteiger charge is 2.36. The van der Waals surface area contributed by atoms with Crippen molar-refractivity contribution >= 4 is 33.0 Å². The Labute approximate surface area is 124 Å². The molecule has 1 N–H and O–H groups in total. The first-order valence-electron chi connectivity index (χ1n) is 6.29. The van der Waals surface area contributed by atoms with Gasteiger partial charge in [0.1, 0.15) is 0 Å². The van der Waals surface area contributed by atoms with Crippen molar-refractivity contribution in [2.24, 2.45) is 0 Å². The third-order valence-electron chi connectivity index (χ3n) is 3.60. The van der Waals surface area contributed by atoms with Crippen LogP contribution in [0.25, 0.3) is 0 Å². The molecule has 1 heterocycles. The first-order valence-corrected chi connectivity index (χ1v) is 8.76. The quantitative estimate of drug-likeness (QED) is 0.929. The molecule has 1 aliphatic heterocycles. The third kappa shape index (κ3) is 3.24. The van der Waals surface area contributed by atoms with E-state index in [2.05, 4.69) is 5.32 Å². The normalized spacial score (nSPS) is 24.1. The van der Waals surface area contributed by atoms with E-state index in [0.29, 0.717) is 16.5 Å². The lowest BCUT2D eigenvalue weighted by Crippen LogP contribution is -2.39. The molecule has 0 radical (unpaired) electrons. The Bertz CT molecular complexity index is 560. The van der Waals surface area contributed by atoms with Gasteiger partial charge in [-0.1, -0.05) is 29.6 Å². The monoisotopic (exact) mass is 321 g/mol. The second kappa shape index (κ2) is 6.00. The summed E-state index contributed by atoms with van der Waals surface area (Å²) in [6.07, 6.45) is 2.34. The Kier molecular flexibility index (Phi) is 4.77. The zero-order chi connectivity index (χ0) is 14.0. The maximum Gasteiger partial charge on any atom is 0.155 e. The second-order valence-electron chi connectivity index (χ2n) is 4.83. The summed E-state index contributed by atoms with van der Waals surface area (Å²) in [5, 5.41) is 3.77. The van der Waals surface area contributed by atoms with Crippen molar-refractivity contribution in [3.05, 3.63) is 33.8 Å². The van der Waals surface area contributed by atoms with Crippen LogP contribution in [-0.4, -0.2) is 26.5 Å². The van der Waals surface area contributed by atoms with Crippen LogP contribution in [0.1, 0.15) is 30.9 Å². The molecule has 0 bridgehead atoms. The summed E-state index contributed by atoms with van der Waals surface area (Å²) in [6, 6.07) is 4.85. The summed E-state index contributed by atoms with van der Waals surface area (Å²) in [4.78, 5) is 0. The van der Waals surface area contributed by atoms with Crippen molar-refractivity contribution in [3.63, 3.8) is 0 Å². The lowest BCUT2D eigenvalue weighted by atomic mass is 9.99. The minimum absolute atomic E-state index is 0.258. The number of rotatable bonds is 3. The van der Waals surface area contributed by atoms with Gasteiger partial charge in [-0.05, 0) is 43.7 Å². The molecule has 19 heavy (non-hydrogen) atoms. The van der Waals surface area contributed by atoms with Gasteiger partial charge in [0.2, 0.25) is 0 Å². The van der Waals surface area contributed by atoms with Gasteiger partial charge in [-0.15, -0.1) is 0 Å². The van der Waals surface area contributed by atoms with Gasteiger partial charge in [-0.2, -0.15) is 0 Å². The van der Waals surface area contributed by atoms with Crippen molar-refractivity contribution in [2.45, 2.75) is 30.6 Å². The fraction of sp³-hybridized carbons (Fsp3) is 0.538. The van der Waals surface area contributed by atoms with E-state index in [4.69, 9.17) is 23.2 Å². The molecule has 106 valence electrons. The molecule has 2 atom stereocenters. The Morgan fingerprint density at radius 1 is 1.32 bits per heavy atom. The molecule has 2 rings (SSSR count). The van der Waals surface area contributed by atoms with Crippen LogP contribution in [0.5, 0.6) is 0 Å². The Hall–Kier alpha value is -0.290. The van der Waals surface area contributed by atoms with Crippen molar-refractivity contribution in [2.75, 3.05) is 12.8 Å². The van der Waals surface area contributed by atoms with Gasteiger partial charge in [0.05, 0.1) is 17.0 Å². The zero-order valence-electron chi connectivity index (χ0n) is 10.7. The highest BCUT2D eigenvalue weighted by atomic mass is 35.5. The first-order chi connectivity index (χ1) is 8.95. The van der Waals surface area contributed by atoms with Crippen molar-refractivity contribution in [1.29, 1.82) is 0 Å². The van der Waals surface area contributed by atoms with Crippen LogP contribution in [0.15, 0.2) is 18.2 Å². The number of sulfone groups is 1. The summed E-state index contributed by atoms with van der Waals surface area (Å²) in [6.45, 7) is 0. The summed E-state index contributed by atoms with van der Waals surface area (Å²) < 4.78 is 24.5. The number of benzene rings is 1. The largest absolute Gasteiger partial charge is 0.312 e. The average Bonchev–Trinajstić information content (AvgIpc) is 2.36. The van der Waals surface area contributed by atoms with Crippen LogP contribution in [0.4, 0.5) is 0 Å². The molecular weight excluding hydrogens is 305 g/mol. The van der Waals surface area contributed by atoms with Gasteiger partial charge < -0.3 is 5.32 Å². The predicted octanol–water partition coefficient (Wildman–Crippen LogP) is 3.22. The van der Waals surface area contributed by atoms with E-state index in [0.717, 1.165) is 18.4 Å². The van der Waals surface area contributed by atoms with Crippen molar-refractivity contribution < 1.29 is 8.42 Å². The molecule has 0 amide bonds. The van der Waals surface area contributed by atoms with Crippen LogP contribution in [0.2, 0.25) is 10.0 Å². The fourth-order valence-corrected chi connectivity index (χ4v) is 5.20. The van der Waals surface area contributed by atoms with E-state index in [1.165, 1.54) is 0 Å². The van der Waals surface area contributed by atoms with E-state index in [-0.39, 0.29) is 11.8 Å². The highest BCUT2D eigenvalue weighted by molar-refractivity contribution is 7.92. The third-order valence-corrected chi connectivity index (χ3v) is 6.47. The molecule has 1 fully saturated rings. The van der Waals surface area contributed by atoms with E-state index in [1.807, 2.05) is 0 Å². The van der Waals surface area contributed by atoms with E-state index >= 15 is 0 Å². The highest BCUT2D eigenvalue weighted by Crippen LogP contribution is 2.35. The zero-order valence-corrected chi connectivity index (χ0v) is 13.0. The van der Waals surface area contributed by atoms with E-state index in [9.17, 15) is 8.42 Å².